The summed E-state index contributed by atoms with van der Waals surface area (Å²) >= 11 is 1.68. The smallest absolute Gasteiger partial charge is 0.223 e. The van der Waals surface area contributed by atoms with Crippen molar-refractivity contribution < 1.29 is 4.79 Å². The first kappa shape index (κ1) is 11.6. The maximum absolute atomic E-state index is 12.0. The Morgan fingerprint density at radius 1 is 1.62 bits per heavy atom. The van der Waals surface area contributed by atoms with E-state index in [0.717, 1.165) is 25.8 Å². The number of rotatable bonds is 4. The number of amides is 1. The zero-order valence-electron chi connectivity index (χ0n) is 9.39. The molecule has 2 heterocycles. The molecular weight excluding hydrogens is 220 g/mol. The van der Waals surface area contributed by atoms with Gasteiger partial charge in [0, 0.05) is 25.6 Å². The van der Waals surface area contributed by atoms with Crippen molar-refractivity contribution in [3.05, 3.63) is 22.4 Å². The Labute approximate surface area is 100 Å². The fourth-order valence-corrected chi connectivity index (χ4v) is 2.94. The minimum Gasteiger partial charge on any atom is -0.338 e. The number of nitrogens with two attached hydrogens (primary N) is 1. The number of nitrogens with zero attached hydrogens (tertiary/aromatic N) is 1. The minimum absolute atomic E-state index is 0.263. The van der Waals surface area contributed by atoms with Crippen LogP contribution in [-0.4, -0.2) is 29.9 Å². The average molecular weight is 238 g/mol. The quantitative estimate of drug-likeness (QED) is 0.866. The summed E-state index contributed by atoms with van der Waals surface area (Å²) in [5, 5.41) is 4.16. The largest absolute Gasteiger partial charge is 0.338 e. The van der Waals surface area contributed by atoms with Gasteiger partial charge in [-0.1, -0.05) is 0 Å². The third-order valence-electron chi connectivity index (χ3n) is 3.18. The Morgan fingerprint density at radius 3 is 3.19 bits per heavy atom. The molecule has 0 aromatic carbocycles. The molecule has 3 nitrogen and oxygen atoms in total. The van der Waals surface area contributed by atoms with Crippen LogP contribution in [-0.2, 0) is 11.2 Å². The molecule has 2 rings (SSSR count). The molecule has 1 aromatic rings. The van der Waals surface area contributed by atoms with E-state index in [1.54, 1.807) is 11.3 Å². The molecule has 88 valence electrons. The Hall–Kier alpha value is -0.870. The predicted molar refractivity (Wildman–Crippen MR) is 66.4 cm³/mol. The van der Waals surface area contributed by atoms with E-state index in [9.17, 15) is 4.79 Å². The third kappa shape index (κ3) is 2.62. The van der Waals surface area contributed by atoms with E-state index >= 15 is 0 Å². The van der Waals surface area contributed by atoms with E-state index in [4.69, 9.17) is 5.73 Å². The first-order chi connectivity index (χ1) is 7.81. The van der Waals surface area contributed by atoms with Gasteiger partial charge in [0.05, 0.1) is 0 Å². The second-order valence-corrected chi connectivity index (χ2v) is 5.03. The van der Waals surface area contributed by atoms with Crippen molar-refractivity contribution in [2.45, 2.75) is 31.7 Å². The van der Waals surface area contributed by atoms with Gasteiger partial charge >= 0.3 is 0 Å². The molecule has 1 aromatic heterocycles. The number of aryl methyl sites for hydroxylation is 1. The van der Waals surface area contributed by atoms with Crippen LogP contribution < -0.4 is 5.73 Å². The van der Waals surface area contributed by atoms with E-state index < -0.39 is 0 Å². The molecule has 0 radical (unpaired) electrons. The van der Waals surface area contributed by atoms with Crippen LogP contribution >= 0.6 is 11.3 Å². The van der Waals surface area contributed by atoms with E-state index in [0.29, 0.717) is 13.0 Å². The number of likely N-dealkylation sites (tertiary alicyclic amines) is 1. The van der Waals surface area contributed by atoms with Gasteiger partial charge in [0.2, 0.25) is 5.91 Å². The molecule has 1 aliphatic rings. The van der Waals surface area contributed by atoms with Crippen LogP contribution in [0.4, 0.5) is 0 Å². The fraction of sp³-hybridized carbons (Fsp3) is 0.583. The molecule has 0 aliphatic carbocycles. The Kier molecular flexibility index (Phi) is 3.96. The fourth-order valence-electron chi connectivity index (χ4n) is 2.24. The van der Waals surface area contributed by atoms with Crippen molar-refractivity contribution in [3.63, 3.8) is 0 Å². The summed E-state index contributed by atoms with van der Waals surface area (Å²) in [5.41, 5.74) is 6.93. The van der Waals surface area contributed by atoms with Gasteiger partial charge in [-0.25, -0.2) is 0 Å². The molecule has 1 saturated heterocycles. The molecular formula is C12H18N2OS. The van der Waals surface area contributed by atoms with Crippen LogP contribution in [0.2, 0.25) is 0 Å². The van der Waals surface area contributed by atoms with Gasteiger partial charge < -0.3 is 10.6 Å². The van der Waals surface area contributed by atoms with Gasteiger partial charge in [0.15, 0.2) is 0 Å². The lowest BCUT2D eigenvalue weighted by Crippen LogP contribution is -2.39. The van der Waals surface area contributed by atoms with Crippen LogP contribution in [0.3, 0.4) is 0 Å². The van der Waals surface area contributed by atoms with Crippen molar-refractivity contribution in [1.82, 2.24) is 4.90 Å². The lowest BCUT2D eigenvalue weighted by molar-refractivity contribution is -0.131. The Balaban J connectivity index is 1.83. The molecule has 1 aliphatic heterocycles. The van der Waals surface area contributed by atoms with Crippen LogP contribution in [0.1, 0.15) is 24.8 Å². The van der Waals surface area contributed by atoms with Gasteiger partial charge in [-0.15, -0.1) is 0 Å². The normalized spacial score (nSPS) is 20.3. The highest BCUT2D eigenvalue weighted by Gasteiger charge is 2.26. The summed E-state index contributed by atoms with van der Waals surface area (Å²) < 4.78 is 0. The van der Waals surface area contributed by atoms with Crippen molar-refractivity contribution in [3.8, 4) is 0 Å². The topological polar surface area (TPSA) is 46.3 Å². The van der Waals surface area contributed by atoms with Gasteiger partial charge in [-0.3, -0.25) is 4.79 Å². The molecule has 1 amide bonds. The molecule has 0 saturated carbocycles. The van der Waals surface area contributed by atoms with E-state index in [2.05, 4.69) is 16.8 Å². The van der Waals surface area contributed by atoms with Gasteiger partial charge in [-0.05, 0) is 41.7 Å². The molecule has 0 bridgehead atoms. The lowest BCUT2D eigenvalue weighted by Gasteiger charge is -2.23. The van der Waals surface area contributed by atoms with Crippen molar-refractivity contribution in [2.24, 2.45) is 5.73 Å². The number of carbonyl (C=O) groups is 1. The van der Waals surface area contributed by atoms with Crippen LogP contribution in [0.25, 0.3) is 0 Å². The molecule has 2 N–H and O–H groups in total. The highest BCUT2D eigenvalue weighted by molar-refractivity contribution is 7.07. The van der Waals surface area contributed by atoms with Gasteiger partial charge in [0.1, 0.15) is 0 Å². The van der Waals surface area contributed by atoms with Crippen LogP contribution in [0.15, 0.2) is 16.8 Å². The highest BCUT2D eigenvalue weighted by Crippen LogP contribution is 2.18. The Bertz CT molecular complexity index is 337. The predicted octanol–water partition coefficient (Wildman–Crippen LogP) is 1.63. The summed E-state index contributed by atoms with van der Waals surface area (Å²) in [6.07, 6.45) is 3.65. The summed E-state index contributed by atoms with van der Waals surface area (Å²) in [5.74, 6) is 0.263. The second-order valence-electron chi connectivity index (χ2n) is 4.25. The van der Waals surface area contributed by atoms with Crippen LogP contribution in [0.5, 0.6) is 0 Å². The summed E-state index contributed by atoms with van der Waals surface area (Å²) in [7, 11) is 0. The minimum atomic E-state index is 0.263. The molecule has 1 atom stereocenters. The van der Waals surface area contributed by atoms with Gasteiger partial charge in [-0.2, -0.15) is 11.3 Å². The standard InChI is InChI=1S/C12H18N2OS/c13-8-11-2-1-6-14(11)12(15)4-3-10-5-7-16-9-10/h5,7,9,11H,1-4,6,8,13H2. The maximum Gasteiger partial charge on any atom is 0.223 e. The SMILES string of the molecule is NCC1CCCN1C(=O)CCc1ccsc1. The summed E-state index contributed by atoms with van der Waals surface area (Å²) in [4.78, 5) is 13.9. The van der Waals surface area contributed by atoms with Crippen LogP contribution in [0, 0.1) is 0 Å². The number of thiophene rings is 1. The first-order valence-electron chi connectivity index (χ1n) is 5.82. The molecule has 1 fully saturated rings. The average Bonchev–Trinajstić information content (AvgIpc) is 2.96. The summed E-state index contributed by atoms with van der Waals surface area (Å²) in [6, 6.07) is 2.37. The lowest BCUT2D eigenvalue weighted by atomic mass is 10.1. The van der Waals surface area contributed by atoms with E-state index in [1.165, 1.54) is 5.56 Å². The maximum atomic E-state index is 12.0. The molecule has 0 spiro atoms. The molecule has 4 heteroatoms. The van der Waals surface area contributed by atoms with Crippen molar-refractivity contribution >= 4 is 17.2 Å². The monoisotopic (exact) mass is 238 g/mol. The summed E-state index contributed by atoms with van der Waals surface area (Å²) in [6.45, 7) is 1.49. The molecule has 16 heavy (non-hydrogen) atoms. The Morgan fingerprint density at radius 2 is 2.50 bits per heavy atom. The molecule has 1 unspecified atom stereocenters. The third-order valence-corrected chi connectivity index (χ3v) is 3.91. The van der Waals surface area contributed by atoms with Crippen molar-refractivity contribution in [2.75, 3.05) is 13.1 Å². The zero-order valence-corrected chi connectivity index (χ0v) is 10.2. The zero-order chi connectivity index (χ0) is 11.4. The van der Waals surface area contributed by atoms with Crippen molar-refractivity contribution in [1.29, 1.82) is 0 Å². The highest BCUT2D eigenvalue weighted by atomic mass is 32.1. The number of hydrogen-bond acceptors (Lipinski definition) is 3. The van der Waals surface area contributed by atoms with E-state index in [1.807, 2.05) is 4.90 Å². The van der Waals surface area contributed by atoms with Gasteiger partial charge in [0.25, 0.3) is 0 Å². The second kappa shape index (κ2) is 5.46. The first-order valence-corrected chi connectivity index (χ1v) is 6.76. The van der Waals surface area contributed by atoms with E-state index in [-0.39, 0.29) is 11.9 Å². The number of carbonyl (C=O) groups excluding carboxylic acids is 1. The number of hydrogen-bond donors (Lipinski definition) is 1.